The third-order valence-corrected chi connectivity index (χ3v) is 4.69. The van der Waals surface area contributed by atoms with Crippen molar-refractivity contribution in [2.45, 2.75) is 0 Å². The van der Waals surface area contributed by atoms with Crippen molar-refractivity contribution in [1.29, 1.82) is 0 Å². The minimum absolute atomic E-state index is 0.327. The van der Waals surface area contributed by atoms with Crippen LogP contribution in [-0.4, -0.2) is 42.1 Å². The zero-order valence-electron chi connectivity index (χ0n) is 15.3. The second kappa shape index (κ2) is 8.04. The molecule has 0 atom stereocenters. The number of piperazine rings is 1. The summed E-state index contributed by atoms with van der Waals surface area (Å²) in [5, 5.41) is 2.70. The first-order chi connectivity index (χ1) is 13.7. The highest BCUT2D eigenvalue weighted by atomic mass is 19.1. The van der Waals surface area contributed by atoms with E-state index in [1.165, 1.54) is 42.3 Å². The van der Waals surface area contributed by atoms with Crippen molar-refractivity contribution in [2.24, 2.45) is 0 Å². The van der Waals surface area contributed by atoms with Crippen LogP contribution in [0.1, 0.15) is 10.4 Å². The van der Waals surface area contributed by atoms with Gasteiger partial charge >= 0.3 is 0 Å². The van der Waals surface area contributed by atoms with Gasteiger partial charge < -0.3 is 15.1 Å². The molecule has 0 unspecified atom stereocenters. The van der Waals surface area contributed by atoms with E-state index >= 15 is 0 Å². The first-order valence-corrected chi connectivity index (χ1v) is 9.13. The number of carbonyl (C=O) groups excluding carboxylic acids is 1. The lowest BCUT2D eigenvalue weighted by atomic mass is 10.2. The number of rotatable bonds is 4. The highest BCUT2D eigenvalue weighted by molar-refractivity contribution is 6.03. The van der Waals surface area contributed by atoms with E-state index in [1.54, 1.807) is 0 Å². The monoisotopic (exact) mass is 377 g/mol. The molecule has 1 fully saturated rings. The Morgan fingerprint density at radius 1 is 0.857 bits per heavy atom. The quantitative estimate of drug-likeness (QED) is 0.757. The predicted octanol–water partition coefficient (Wildman–Crippen LogP) is 3.19. The largest absolute Gasteiger partial charge is 0.368 e. The molecule has 1 aromatic heterocycles. The Bertz CT molecular complexity index is 923. The molecule has 1 aliphatic rings. The number of nitrogens with one attached hydrogen (secondary N) is 1. The van der Waals surface area contributed by atoms with Crippen LogP contribution in [0.15, 0.2) is 67.0 Å². The molecule has 7 heteroatoms. The van der Waals surface area contributed by atoms with Gasteiger partial charge in [-0.25, -0.2) is 14.4 Å². The molecule has 0 saturated carbocycles. The summed E-state index contributed by atoms with van der Waals surface area (Å²) in [7, 11) is 0. The highest BCUT2D eigenvalue weighted by Crippen LogP contribution is 2.18. The maximum atomic E-state index is 12.9. The summed E-state index contributed by atoms with van der Waals surface area (Å²) >= 11 is 0. The highest BCUT2D eigenvalue weighted by Gasteiger charge is 2.19. The van der Waals surface area contributed by atoms with E-state index in [0.717, 1.165) is 26.2 Å². The smallest absolute Gasteiger partial charge is 0.258 e. The topological polar surface area (TPSA) is 61.4 Å². The van der Waals surface area contributed by atoms with E-state index in [0.29, 0.717) is 17.2 Å². The van der Waals surface area contributed by atoms with Crippen LogP contribution in [0.2, 0.25) is 0 Å². The minimum atomic E-state index is -0.349. The van der Waals surface area contributed by atoms with Crippen LogP contribution in [0.3, 0.4) is 0 Å². The second-order valence-corrected chi connectivity index (χ2v) is 6.54. The normalized spacial score (nSPS) is 14.0. The molecular weight excluding hydrogens is 357 g/mol. The molecule has 0 radical (unpaired) electrons. The molecule has 142 valence electrons. The zero-order chi connectivity index (χ0) is 19.3. The van der Waals surface area contributed by atoms with Crippen LogP contribution in [0.25, 0.3) is 0 Å². The van der Waals surface area contributed by atoms with Crippen molar-refractivity contribution in [2.75, 3.05) is 41.3 Å². The maximum absolute atomic E-state index is 12.9. The molecule has 1 aliphatic heterocycles. The molecule has 0 aliphatic carbocycles. The van der Waals surface area contributed by atoms with Gasteiger partial charge in [-0.2, -0.15) is 0 Å². The number of amides is 1. The Hall–Kier alpha value is -3.48. The number of anilines is 3. The Morgan fingerprint density at radius 2 is 1.46 bits per heavy atom. The van der Waals surface area contributed by atoms with Gasteiger partial charge in [-0.05, 0) is 36.4 Å². The van der Waals surface area contributed by atoms with E-state index in [2.05, 4.69) is 37.2 Å². The van der Waals surface area contributed by atoms with Crippen LogP contribution in [0, 0.1) is 5.82 Å². The predicted molar refractivity (Wildman–Crippen MR) is 107 cm³/mol. The van der Waals surface area contributed by atoms with Gasteiger partial charge in [0.1, 0.15) is 5.82 Å². The van der Waals surface area contributed by atoms with E-state index in [9.17, 15) is 9.18 Å². The molecule has 4 rings (SSSR count). The Labute approximate surface area is 162 Å². The van der Waals surface area contributed by atoms with Crippen LogP contribution in [0.4, 0.5) is 21.7 Å². The van der Waals surface area contributed by atoms with Crippen molar-refractivity contribution >= 4 is 23.2 Å². The number of para-hydroxylation sites is 1. The lowest BCUT2D eigenvalue weighted by Crippen LogP contribution is -2.47. The molecule has 2 aromatic carbocycles. The van der Waals surface area contributed by atoms with Crippen LogP contribution in [-0.2, 0) is 0 Å². The maximum Gasteiger partial charge on any atom is 0.258 e. The molecule has 1 saturated heterocycles. The Kier molecular flexibility index (Phi) is 5.14. The van der Waals surface area contributed by atoms with Crippen molar-refractivity contribution in [1.82, 2.24) is 9.97 Å². The molecule has 1 amide bonds. The van der Waals surface area contributed by atoms with Crippen molar-refractivity contribution in [3.63, 3.8) is 0 Å². The fraction of sp³-hybridized carbons (Fsp3) is 0.190. The lowest BCUT2D eigenvalue weighted by Gasteiger charge is -2.36. The molecule has 0 bridgehead atoms. The number of aromatic nitrogens is 2. The first kappa shape index (κ1) is 17.9. The second-order valence-electron chi connectivity index (χ2n) is 6.54. The van der Waals surface area contributed by atoms with Crippen LogP contribution >= 0.6 is 0 Å². The summed E-state index contributed by atoms with van der Waals surface area (Å²) in [6, 6.07) is 15.9. The average Bonchev–Trinajstić information content (AvgIpc) is 2.76. The third-order valence-electron chi connectivity index (χ3n) is 4.69. The standard InChI is InChI=1S/C21H20FN5O/c22-17-6-8-18(9-7-17)25-20(28)16-14-23-21(24-15-16)27-12-10-26(11-13-27)19-4-2-1-3-5-19/h1-9,14-15H,10-13H2,(H,25,28). The van der Waals surface area contributed by atoms with E-state index < -0.39 is 0 Å². The summed E-state index contributed by atoms with van der Waals surface area (Å²) < 4.78 is 12.9. The minimum Gasteiger partial charge on any atom is -0.368 e. The van der Waals surface area contributed by atoms with Gasteiger partial charge in [-0.1, -0.05) is 18.2 Å². The van der Waals surface area contributed by atoms with Crippen molar-refractivity contribution in [3.8, 4) is 0 Å². The lowest BCUT2D eigenvalue weighted by molar-refractivity contribution is 0.102. The number of benzene rings is 2. The van der Waals surface area contributed by atoms with Crippen molar-refractivity contribution < 1.29 is 9.18 Å². The van der Waals surface area contributed by atoms with E-state index in [-0.39, 0.29) is 11.7 Å². The van der Waals surface area contributed by atoms with Gasteiger partial charge in [-0.15, -0.1) is 0 Å². The summed E-state index contributed by atoms with van der Waals surface area (Å²) in [5.41, 5.74) is 2.10. The fourth-order valence-corrected chi connectivity index (χ4v) is 3.14. The van der Waals surface area contributed by atoms with Gasteiger partial charge in [0.25, 0.3) is 5.91 Å². The average molecular weight is 377 g/mol. The third kappa shape index (κ3) is 4.09. The summed E-state index contributed by atoms with van der Waals surface area (Å²) in [4.78, 5) is 25.4. The van der Waals surface area contributed by atoms with Gasteiger partial charge in [0.2, 0.25) is 5.95 Å². The van der Waals surface area contributed by atoms with Crippen molar-refractivity contribution in [3.05, 3.63) is 78.4 Å². The summed E-state index contributed by atoms with van der Waals surface area (Å²) in [5.74, 6) is -0.0591. The number of carbonyl (C=O) groups is 1. The summed E-state index contributed by atoms with van der Waals surface area (Å²) in [6.07, 6.45) is 3.04. The van der Waals surface area contributed by atoms with E-state index in [1.807, 2.05) is 18.2 Å². The first-order valence-electron chi connectivity index (χ1n) is 9.13. The van der Waals surface area contributed by atoms with Gasteiger partial charge in [-0.3, -0.25) is 4.79 Å². The molecule has 1 N–H and O–H groups in total. The molecule has 0 spiro atoms. The number of halogens is 1. The zero-order valence-corrected chi connectivity index (χ0v) is 15.3. The molecule has 6 nitrogen and oxygen atoms in total. The Morgan fingerprint density at radius 3 is 2.11 bits per heavy atom. The number of hydrogen-bond donors (Lipinski definition) is 1. The van der Waals surface area contributed by atoms with E-state index in [4.69, 9.17) is 0 Å². The molecule has 3 aromatic rings. The van der Waals surface area contributed by atoms with Gasteiger partial charge in [0.05, 0.1) is 5.56 Å². The SMILES string of the molecule is O=C(Nc1ccc(F)cc1)c1cnc(N2CCN(c3ccccc3)CC2)nc1. The molecular formula is C21H20FN5O. The van der Waals surface area contributed by atoms with Crippen LogP contribution in [0.5, 0.6) is 0 Å². The molecule has 2 heterocycles. The molecule has 28 heavy (non-hydrogen) atoms. The fourth-order valence-electron chi connectivity index (χ4n) is 3.14. The number of nitrogens with zero attached hydrogens (tertiary/aromatic N) is 4. The Balaban J connectivity index is 1.36. The number of hydrogen-bond acceptors (Lipinski definition) is 5. The van der Waals surface area contributed by atoms with Crippen LogP contribution < -0.4 is 15.1 Å². The van der Waals surface area contributed by atoms with Gasteiger partial charge in [0.15, 0.2) is 0 Å². The summed E-state index contributed by atoms with van der Waals surface area (Å²) in [6.45, 7) is 3.41. The van der Waals surface area contributed by atoms with Gasteiger partial charge in [0, 0.05) is 49.9 Å².